The highest BCUT2D eigenvalue weighted by molar-refractivity contribution is 5.91. The predicted molar refractivity (Wildman–Crippen MR) is 140 cm³/mol. The zero-order chi connectivity index (χ0) is 29.8. The molecular weight excluding hydrogens is 540 g/mol. The van der Waals surface area contributed by atoms with E-state index in [0.717, 1.165) is 13.2 Å². The molecule has 1 heterocycles. The van der Waals surface area contributed by atoms with Crippen LogP contribution in [0, 0.1) is 0 Å². The number of phenols is 5. The summed E-state index contributed by atoms with van der Waals surface area (Å²) in [6.07, 6.45) is -0.290. The molecule has 0 bridgehead atoms. The van der Waals surface area contributed by atoms with E-state index >= 15 is 0 Å². The highest BCUT2D eigenvalue weighted by Crippen LogP contribution is 2.52. The van der Waals surface area contributed by atoms with Crippen molar-refractivity contribution < 1.29 is 58.9 Å². The third-order valence-electron chi connectivity index (χ3n) is 6.43. The van der Waals surface area contributed by atoms with Gasteiger partial charge in [-0.25, -0.2) is 9.59 Å². The van der Waals surface area contributed by atoms with Crippen molar-refractivity contribution in [3.63, 3.8) is 0 Å². The number of benzene rings is 3. The van der Waals surface area contributed by atoms with Crippen LogP contribution in [0.15, 0.2) is 54.6 Å². The molecular formula is C29H26O12. The highest BCUT2D eigenvalue weighted by atomic mass is 16.6. The Kier molecular flexibility index (Phi) is 8.22. The van der Waals surface area contributed by atoms with Gasteiger partial charge >= 0.3 is 17.9 Å². The maximum absolute atomic E-state index is 12.9. The lowest BCUT2D eigenvalue weighted by molar-refractivity contribution is -0.162. The first-order chi connectivity index (χ1) is 19.5. The normalized spacial score (nSPS) is 16.4. The van der Waals surface area contributed by atoms with Crippen LogP contribution in [0.5, 0.6) is 34.5 Å². The summed E-state index contributed by atoms with van der Waals surface area (Å²) < 4.78 is 20.9. The highest BCUT2D eigenvalue weighted by Gasteiger charge is 2.44. The minimum atomic E-state index is -1.38. The Balaban J connectivity index is 1.62. The molecule has 0 radical (unpaired) electrons. The van der Waals surface area contributed by atoms with Crippen LogP contribution in [0.3, 0.4) is 0 Å². The second kappa shape index (κ2) is 11.8. The number of aromatic hydroxyl groups is 5. The summed E-state index contributed by atoms with van der Waals surface area (Å²) in [5.74, 6) is -5.60. The van der Waals surface area contributed by atoms with Crippen LogP contribution >= 0.6 is 0 Å². The van der Waals surface area contributed by atoms with E-state index in [2.05, 4.69) is 0 Å². The van der Waals surface area contributed by atoms with Gasteiger partial charge in [-0.2, -0.15) is 0 Å². The summed E-state index contributed by atoms with van der Waals surface area (Å²) in [6.45, 7) is 0. The van der Waals surface area contributed by atoms with Crippen LogP contribution in [0.25, 0.3) is 6.08 Å². The van der Waals surface area contributed by atoms with Gasteiger partial charge in [0, 0.05) is 18.1 Å². The summed E-state index contributed by atoms with van der Waals surface area (Å²) in [5, 5.41) is 49.4. The number of phenolic OH excluding ortho intramolecular Hbond substituents is 5. The van der Waals surface area contributed by atoms with Crippen LogP contribution in [0.1, 0.15) is 34.3 Å². The second-order valence-electron chi connectivity index (χ2n) is 9.01. The average Bonchev–Trinajstić information content (AvgIpc) is 3.36. The van der Waals surface area contributed by atoms with Crippen molar-refractivity contribution in [2.75, 3.05) is 14.2 Å². The van der Waals surface area contributed by atoms with E-state index in [0.29, 0.717) is 11.1 Å². The van der Waals surface area contributed by atoms with E-state index in [1.807, 2.05) is 0 Å². The minimum Gasteiger partial charge on any atom is -0.504 e. The van der Waals surface area contributed by atoms with E-state index in [-0.39, 0.29) is 40.5 Å². The number of esters is 3. The lowest BCUT2D eigenvalue weighted by atomic mass is 9.87. The maximum atomic E-state index is 12.9. The van der Waals surface area contributed by atoms with E-state index in [4.69, 9.17) is 18.9 Å². The lowest BCUT2D eigenvalue weighted by Gasteiger charge is -2.18. The molecule has 0 aliphatic carbocycles. The van der Waals surface area contributed by atoms with Crippen molar-refractivity contribution in [2.45, 2.75) is 24.5 Å². The number of carbonyl (C=O) groups is 3. The maximum Gasteiger partial charge on any atom is 0.347 e. The Bertz CT molecular complexity index is 1530. The van der Waals surface area contributed by atoms with Crippen LogP contribution in [-0.2, 0) is 35.0 Å². The lowest BCUT2D eigenvalue weighted by Crippen LogP contribution is -2.30. The summed E-state index contributed by atoms with van der Waals surface area (Å²) in [5.41, 5.74) is 1.17. The molecule has 5 N–H and O–H groups in total. The van der Waals surface area contributed by atoms with Crippen molar-refractivity contribution in [1.29, 1.82) is 0 Å². The van der Waals surface area contributed by atoms with Crippen molar-refractivity contribution in [2.24, 2.45) is 0 Å². The zero-order valence-electron chi connectivity index (χ0n) is 21.8. The number of methoxy groups -OCH3 is 2. The van der Waals surface area contributed by atoms with Gasteiger partial charge in [-0.3, -0.25) is 4.79 Å². The molecule has 1 aliphatic heterocycles. The molecule has 0 saturated carbocycles. The Morgan fingerprint density at radius 2 is 1.51 bits per heavy atom. The first-order valence-electron chi connectivity index (χ1n) is 12.1. The fraction of sp³-hybridized carbons (Fsp3) is 0.207. The second-order valence-corrected chi connectivity index (χ2v) is 9.01. The van der Waals surface area contributed by atoms with Crippen molar-refractivity contribution in [1.82, 2.24) is 0 Å². The molecule has 3 aromatic rings. The number of fused-ring (bicyclic) bond motifs is 1. The molecule has 1 aliphatic rings. The van der Waals surface area contributed by atoms with Gasteiger partial charge in [-0.05, 0) is 53.1 Å². The van der Waals surface area contributed by atoms with Gasteiger partial charge in [0.05, 0.1) is 14.2 Å². The van der Waals surface area contributed by atoms with Crippen LogP contribution in [-0.4, -0.2) is 63.8 Å². The molecule has 12 nitrogen and oxygen atoms in total. The molecule has 0 amide bonds. The largest absolute Gasteiger partial charge is 0.504 e. The average molecular weight is 567 g/mol. The molecule has 0 aromatic heterocycles. The van der Waals surface area contributed by atoms with Gasteiger partial charge in [0.2, 0.25) is 6.10 Å². The van der Waals surface area contributed by atoms with Gasteiger partial charge in [0.1, 0.15) is 12.0 Å². The molecule has 4 rings (SSSR count). The summed E-state index contributed by atoms with van der Waals surface area (Å²) in [4.78, 5) is 37.9. The number of carbonyl (C=O) groups excluding carboxylic acids is 3. The van der Waals surface area contributed by atoms with Crippen molar-refractivity contribution in [3.05, 3.63) is 76.9 Å². The van der Waals surface area contributed by atoms with Gasteiger partial charge in [-0.1, -0.05) is 18.2 Å². The predicted octanol–water partition coefficient (Wildman–Crippen LogP) is 2.95. The summed E-state index contributed by atoms with van der Waals surface area (Å²) in [7, 11) is 2.28. The standard InChI is InChI=1S/C29H26O12/c1-38-28(36)22(12-14-3-7-17(30)20(33)11-14)40-23(35)10-6-15-4-9-19(32)27-24(15)25(29(37)39-2)26(41-27)16-5-8-18(31)21(34)13-16/h3-11,13,22,25-26,30-34H,12H2,1-2H3/t22-,25-,26+/m1/s1. The van der Waals surface area contributed by atoms with Crippen LogP contribution in [0.4, 0.5) is 0 Å². The number of ether oxygens (including phenoxy) is 4. The van der Waals surface area contributed by atoms with Gasteiger partial charge in [-0.15, -0.1) is 0 Å². The smallest absolute Gasteiger partial charge is 0.347 e. The third-order valence-corrected chi connectivity index (χ3v) is 6.43. The molecule has 0 fully saturated rings. The monoisotopic (exact) mass is 566 g/mol. The minimum absolute atomic E-state index is 0.0481. The fourth-order valence-electron chi connectivity index (χ4n) is 4.44. The van der Waals surface area contributed by atoms with Crippen LogP contribution < -0.4 is 4.74 Å². The Morgan fingerprint density at radius 1 is 0.854 bits per heavy atom. The topological polar surface area (TPSA) is 189 Å². The first kappa shape index (κ1) is 28.6. The van der Waals surface area contributed by atoms with Crippen molar-refractivity contribution >= 4 is 24.0 Å². The molecule has 0 spiro atoms. The van der Waals surface area contributed by atoms with Crippen molar-refractivity contribution in [3.8, 4) is 34.5 Å². The number of hydrogen-bond acceptors (Lipinski definition) is 12. The first-order valence-corrected chi connectivity index (χ1v) is 12.1. The molecule has 214 valence electrons. The molecule has 3 atom stereocenters. The van der Waals surface area contributed by atoms with Gasteiger partial charge in [0.15, 0.2) is 34.5 Å². The SMILES string of the molecule is COC(=O)[C@@H]1c2c(C=CC(=O)O[C@H](Cc3ccc(O)c(O)c3)C(=O)OC)ccc(O)c2O[C@H]1c1ccc(O)c(O)c1. The molecule has 41 heavy (non-hydrogen) atoms. The van der Waals surface area contributed by atoms with Gasteiger partial charge < -0.3 is 44.5 Å². The molecule has 12 heteroatoms. The Hall–Kier alpha value is -5.39. The summed E-state index contributed by atoms with van der Waals surface area (Å²) in [6, 6.07) is 10.5. The number of hydrogen-bond donors (Lipinski definition) is 5. The van der Waals surface area contributed by atoms with Gasteiger partial charge in [0.25, 0.3) is 0 Å². The molecule has 0 unspecified atom stereocenters. The number of rotatable bonds is 8. The molecule has 0 saturated heterocycles. The quantitative estimate of drug-likeness (QED) is 0.116. The zero-order valence-corrected chi connectivity index (χ0v) is 21.8. The molecule has 3 aromatic carbocycles. The Labute approximate surface area is 233 Å². The van der Waals surface area contributed by atoms with E-state index < -0.39 is 47.5 Å². The fourth-order valence-corrected chi connectivity index (χ4v) is 4.44. The Morgan fingerprint density at radius 3 is 2.15 bits per heavy atom. The summed E-state index contributed by atoms with van der Waals surface area (Å²) >= 11 is 0. The third kappa shape index (κ3) is 5.96. The van der Waals surface area contributed by atoms with Crippen LogP contribution in [0.2, 0.25) is 0 Å². The van der Waals surface area contributed by atoms with E-state index in [1.54, 1.807) is 0 Å². The van der Waals surface area contributed by atoms with E-state index in [9.17, 15) is 39.9 Å². The van der Waals surface area contributed by atoms with E-state index in [1.165, 1.54) is 61.7 Å².